The van der Waals surface area contributed by atoms with Crippen LogP contribution >= 0.6 is 11.6 Å². The average molecular weight is 486 g/mol. The quantitative estimate of drug-likeness (QED) is 0.214. The van der Waals surface area contributed by atoms with E-state index in [1.807, 2.05) is 62.4 Å². The Labute approximate surface area is 210 Å². The maximum atomic E-state index is 13.3. The standard InChI is InChI=1S/C29H28ClN3O2/c1-4-19-10-12-21(13-11-19)27-18-24(23-8-7-9-25(30)28(23)31-27)29(34)33-32-26(5-2)20-14-16-22(17-15-20)35-6-3/h7-18H,4-6H2,1-3H3,(H,33,34)/b32-26-. The Balaban J connectivity index is 1.69. The molecule has 0 aliphatic rings. The van der Waals surface area contributed by atoms with Crippen molar-refractivity contribution in [2.45, 2.75) is 33.6 Å². The van der Waals surface area contributed by atoms with E-state index in [-0.39, 0.29) is 5.91 Å². The number of carbonyl (C=O) groups is 1. The van der Waals surface area contributed by atoms with Crippen molar-refractivity contribution in [3.63, 3.8) is 0 Å². The van der Waals surface area contributed by atoms with Crippen LogP contribution in [0.3, 0.4) is 0 Å². The zero-order valence-electron chi connectivity index (χ0n) is 20.1. The molecule has 3 aromatic carbocycles. The Morgan fingerprint density at radius 1 is 1.00 bits per heavy atom. The van der Waals surface area contributed by atoms with Crippen LogP contribution < -0.4 is 10.2 Å². The van der Waals surface area contributed by atoms with Crippen molar-refractivity contribution in [3.8, 4) is 17.0 Å². The molecule has 0 saturated carbocycles. The zero-order chi connectivity index (χ0) is 24.8. The minimum atomic E-state index is -0.317. The number of aryl methyl sites for hydroxylation is 1. The van der Waals surface area contributed by atoms with E-state index in [0.717, 1.165) is 29.0 Å². The Hall–Kier alpha value is -3.70. The molecular weight excluding hydrogens is 458 g/mol. The number of aromatic nitrogens is 1. The van der Waals surface area contributed by atoms with Crippen molar-refractivity contribution in [1.82, 2.24) is 10.4 Å². The Kier molecular flexibility index (Phi) is 7.78. The van der Waals surface area contributed by atoms with Crippen LogP contribution in [0.4, 0.5) is 0 Å². The van der Waals surface area contributed by atoms with E-state index < -0.39 is 0 Å². The fourth-order valence-corrected chi connectivity index (χ4v) is 4.11. The second-order valence-corrected chi connectivity index (χ2v) is 8.46. The van der Waals surface area contributed by atoms with Gasteiger partial charge in [0.05, 0.1) is 34.1 Å². The van der Waals surface area contributed by atoms with Gasteiger partial charge in [-0.3, -0.25) is 4.79 Å². The normalized spacial score (nSPS) is 11.5. The summed E-state index contributed by atoms with van der Waals surface area (Å²) in [5.74, 6) is 0.485. The van der Waals surface area contributed by atoms with Crippen LogP contribution in [0.25, 0.3) is 22.2 Å². The Morgan fingerprint density at radius 2 is 1.74 bits per heavy atom. The molecular formula is C29H28ClN3O2. The minimum Gasteiger partial charge on any atom is -0.494 e. The van der Waals surface area contributed by atoms with Crippen LogP contribution in [0.5, 0.6) is 5.75 Å². The summed E-state index contributed by atoms with van der Waals surface area (Å²) < 4.78 is 5.51. The molecule has 0 spiro atoms. The van der Waals surface area contributed by atoms with E-state index >= 15 is 0 Å². The van der Waals surface area contributed by atoms with E-state index in [4.69, 9.17) is 21.3 Å². The average Bonchev–Trinajstić information content (AvgIpc) is 2.90. The molecule has 1 amide bonds. The summed E-state index contributed by atoms with van der Waals surface area (Å²) in [6.45, 7) is 6.67. The van der Waals surface area contributed by atoms with Crippen molar-refractivity contribution in [3.05, 3.63) is 94.5 Å². The lowest BCUT2D eigenvalue weighted by atomic mass is 10.0. The lowest BCUT2D eigenvalue weighted by molar-refractivity contribution is 0.0956. The Bertz CT molecular complexity index is 1360. The van der Waals surface area contributed by atoms with Crippen LogP contribution in [-0.2, 0) is 6.42 Å². The lowest BCUT2D eigenvalue weighted by Gasteiger charge is -2.11. The molecule has 4 rings (SSSR count). The predicted molar refractivity (Wildman–Crippen MR) is 143 cm³/mol. The van der Waals surface area contributed by atoms with Gasteiger partial charge in [-0.15, -0.1) is 0 Å². The summed E-state index contributed by atoms with van der Waals surface area (Å²) >= 11 is 6.47. The SMILES string of the molecule is CCOc1ccc(/C(CC)=N\NC(=O)c2cc(-c3ccc(CC)cc3)nc3c(Cl)cccc23)cc1. The number of hydrazone groups is 1. The van der Waals surface area contributed by atoms with Gasteiger partial charge in [-0.25, -0.2) is 10.4 Å². The molecule has 1 heterocycles. The van der Waals surface area contributed by atoms with Crippen molar-refractivity contribution >= 4 is 34.1 Å². The van der Waals surface area contributed by atoms with Gasteiger partial charge in [0.1, 0.15) is 5.75 Å². The third-order valence-electron chi connectivity index (χ3n) is 5.82. The molecule has 0 saturated heterocycles. The van der Waals surface area contributed by atoms with E-state index in [2.05, 4.69) is 29.6 Å². The number of rotatable bonds is 8. The first-order chi connectivity index (χ1) is 17.0. The number of fused-ring (bicyclic) bond motifs is 1. The third kappa shape index (κ3) is 5.52. The highest BCUT2D eigenvalue weighted by Gasteiger charge is 2.16. The second kappa shape index (κ2) is 11.2. The number of halogens is 1. The van der Waals surface area contributed by atoms with Gasteiger partial charge in [0.25, 0.3) is 5.91 Å². The van der Waals surface area contributed by atoms with E-state index in [1.165, 1.54) is 5.56 Å². The maximum Gasteiger partial charge on any atom is 0.272 e. The number of hydrogen-bond donors (Lipinski definition) is 1. The van der Waals surface area contributed by atoms with Crippen molar-refractivity contribution < 1.29 is 9.53 Å². The van der Waals surface area contributed by atoms with Crippen LogP contribution in [0.2, 0.25) is 5.02 Å². The van der Waals surface area contributed by atoms with Gasteiger partial charge in [0, 0.05) is 10.9 Å². The molecule has 0 bridgehead atoms. The number of nitrogens with zero attached hydrogens (tertiary/aromatic N) is 2. The van der Waals surface area contributed by atoms with Crippen LogP contribution in [-0.4, -0.2) is 23.2 Å². The molecule has 35 heavy (non-hydrogen) atoms. The second-order valence-electron chi connectivity index (χ2n) is 8.05. The van der Waals surface area contributed by atoms with Crippen LogP contribution in [0.15, 0.2) is 77.9 Å². The first-order valence-corrected chi connectivity index (χ1v) is 12.2. The number of amides is 1. The minimum absolute atomic E-state index is 0.317. The van der Waals surface area contributed by atoms with Gasteiger partial charge in [-0.2, -0.15) is 5.10 Å². The highest BCUT2D eigenvalue weighted by atomic mass is 35.5. The monoisotopic (exact) mass is 485 g/mol. The number of hydrogen-bond acceptors (Lipinski definition) is 4. The molecule has 0 radical (unpaired) electrons. The van der Waals surface area contributed by atoms with Crippen LogP contribution in [0, 0.1) is 0 Å². The smallest absolute Gasteiger partial charge is 0.272 e. The molecule has 1 N–H and O–H groups in total. The molecule has 1 aromatic heterocycles. The highest BCUT2D eigenvalue weighted by Crippen LogP contribution is 2.29. The molecule has 5 nitrogen and oxygen atoms in total. The lowest BCUT2D eigenvalue weighted by Crippen LogP contribution is -2.20. The van der Waals surface area contributed by atoms with Gasteiger partial charge in [-0.1, -0.05) is 61.8 Å². The van der Waals surface area contributed by atoms with Crippen LogP contribution in [0.1, 0.15) is 48.7 Å². The fourth-order valence-electron chi connectivity index (χ4n) is 3.90. The highest BCUT2D eigenvalue weighted by molar-refractivity contribution is 6.35. The molecule has 0 unspecified atom stereocenters. The van der Waals surface area contributed by atoms with Gasteiger partial charge in [-0.05, 0) is 67.3 Å². The van der Waals surface area contributed by atoms with E-state index in [9.17, 15) is 4.79 Å². The van der Waals surface area contributed by atoms with Crippen molar-refractivity contribution in [2.24, 2.45) is 5.10 Å². The molecule has 6 heteroatoms. The van der Waals surface area contributed by atoms with Gasteiger partial charge in [0.15, 0.2) is 0 Å². The third-order valence-corrected chi connectivity index (χ3v) is 6.12. The van der Waals surface area contributed by atoms with Gasteiger partial charge in [0.2, 0.25) is 0 Å². The van der Waals surface area contributed by atoms with Gasteiger partial charge < -0.3 is 4.74 Å². The summed E-state index contributed by atoms with van der Waals surface area (Å²) in [7, 11) is 0. The number of carbonyl (C=O) groups excluding carboxylic acids is 1. The topological polar surface area (TPSA) is 63.6 Å². The first-order valence-electron chi connectivity index (χ1n) is 11.8. The summed E-state index contributed by atoms with van der Waals surface area (Å²) in [4.78, 5) is 18.1. The molecule has 0 atom stereocenters. The fraction of sp³-hybridized carbons (Fsp3) is 0.207. The number of benzene rings is 3. The number of pyridine rings is 1. The van der Waals surface area contributed by atoms with E-state index in [0.29, 0.717) is 40.2 Å². The molecule has 0 aliphatic carbocycles. The summed E-state index contributed by atoms with van der Waals surface area (Å²) in [5, 5.41) is 5.62. The van der Waals surface area contributed by atoms with Crippen molar-refractivity contribution in [1.29, 1.82) is 0 Å². The summed E-state index contributed by atoms with van der Waals surface area (Å²) in [6.07, 6.45) is 1.61. The number of ether oxygens (including phenoxy) is 1. The summed E-state index contributed by atoms with van der Waals surface area (Å²) in [5.41, 5.74) is 8.34. The molecule has 178 valence electrons. The van der Waals surface area contributed by atoms with Crippen molar-refractivity contribution in [2.75, 3.05) is 6.61 Å². The molecule has 0 aliphatic heterocycles. The Morgan fingerprint density at radius 3 is 2.40 bits per heavy atom. The summed E-state index contributed by atoms with van der Waals surface area (Å²) in [6, 6.07) is 23.1. The molecule has 4 aromatic rings. The molecule has 0 fully saturated rings. The largest absolute Gasteiger partial charge is 0.494 e. The predicted octanol–water partition coefficient (Wildman–Crippen LogP) is 7.06. The zero-order valence-corrected chi connectivity index (χ0v) is 20.9. The number of nitrogens with one attached hydrogen (secondary N) is 1. The number of para-hydroxylation sites is 1. The van der Waals surface area contributed by atoms with Gasteiger partial charge >= 0.3 is 0 Å². The first kappa shape index (κ1) is 24.4. The maximum absolute atomic E-state index is 13.3. The van der Waals surface area contributed by atoms with E-state index in [1.54, 1.807) is 12.1 Å².